The molecule has 0 radical (unpaired) electrons. The predicted octanol–water partition coefficient (Wildman–Crippen LogP) is 1.44. The number of piperidine rings is 1. The Bertz CT molecular complexity index is 372. The zero-order valence-corrected chi connectivity index (χ0v) is 11.5. The molecule has 0 spiro atoms. The van der Waals surface area contributed by atoms with Gasteiger partial charge in [-0.15, -0.1) is 0 Å². The molecule has 1 aromatic heterocycles. The molecule has 0 saturated carbocycles. The van der Waals surface area contributed by atoms with E-state index in [1.54, 1.807) is 0 Å². The monoisotopic (exact) mass is 248 g/mol. The number of nitrogen functional groups attached to an aromatic ring is 1. The van der Waals surface area contributed by atoms with E-state index in [0.717, 1.165) is 30.4 Å². The average Bonchev–Trinajstić information content (AvgIpc) is 2.35. The molecule has 2 N–H and O–H groups in total. The highest BCUT2D eigenvalue weighted by atomic mass is 15.1. The highest BCUT2D eigenvalue weighted by molar-refractivity contribution is 5.41. The van der Waals surface area contributed by atoms with Crippen LogP contribution >= 0.6 is 0 Å². The Kier molecular flexibility index (Phi) is 4.55. The van der Waals surface area contributed by atoms with Gasteiger partial charge in [0, 0.05) is 19.3 Å². The van der Waals surface area contributed by atoms with Gasteiger partial charge in [0.25, 0.3) is 0 Å². The Morgan fingerprint density at radius 2 is 2.17 bits per heavy atom. The average molecular weight is 248 g/mol. The van der Waals surface area contributed by atoms with Crippen LogP contribution in [0.25, 0.3) is 0 Å². The topological polar surface area (TPSA) is 45.4 Å². The fourth-order valence-electron chi connectivity index (χ4n) is 2.59. The molecule has 100 valence electrons. The summed E-state index contributed by atoms with van der Waals surface area (Å²) in [5, 5.41) is 0. The first kappa shape index (κ1) is 13.3. The van der Waals surface area contributed by atoms with Crippen LogP contribution in [0, 0.1) is 5.92 Å². The fourth-order valence-corrected chi connectivity index (χ4v) is 2.59. The minimum absolute atomic E-state index is 0.799. The summed E-state index contributed by atoms with van der Waals surface area (Å²) in [5.41, 5.74) is 7.72. The number of rotatable bonds is 4. The minimum atomic E-state index is 0.799. The van der Waals surface area contributed by atoms with Crippen molar-refractivity contribution in [3.05, 3.63) is 24.0 Å². The lowest BCUT2D eigenvalue weighted by Gasteiger charge is -2.31. The SMILES string of the molecule is CN1CCC(CN(C)Cc2ncccc2N)CC1. The number of aromatic nitrogens is 1. The summed E-state index contributed by atoms with van der Waals surface area (Å²) in [6.45, 7) is 4.44. The van der Waals surface area contributed by atoms with Gasteiger partial charge in [-0.1, -0.05) is 0 Å². The van der Waals surface area contributed by atoms with Crippen LogP contribution in [-0.4, -0.2) is 48.5 Å². The predicted molar refractivity (Wildman–Crippen MR) is 75.2 cm³/mol. The van der Waals surface area contributed by atoms with E-state index < -0.39 is 0 Å². The molecule has 0 unspecified atom stereocenters. The van der Waals surface area contributed by atoms with E-state index in [2.05, 4.69) is 28.9 Å². The van der Waals surface area contributed by atoms with Crippen LogP contribution in [0.5, 0.6) is 0 Å². The number of pyridine rings is 1. The number of nitrogens with two attached hydrogens (primary N) is 1. The molecule has 4 heteroatoms. The zero-order chi connectivity index (χ0) is 13.0. The van der Waals surface area contributed by atoms with Crippen molar-refractivity contribution >= 4 is 5.69 Å². The molecule has 2 rings (SSSR count). The Morgan fingerprint density at radius 1 is 1.44 bits per heavy atom. The maximum atomic E-state index is 5.92. The van der Waals surface area contributed by atoms with Gasteiger partial charge in [-0.05, 0) is 58.1 Å². The lowest BCUT2D eigenvalue weighted by molar-refractivity contribution is 0.173. The molecular weight excluding hydrogens is 224 g/mol. The van der Waals surface area contributed by atoms with Gasteiger partial charge in [0.1, 0.15) is 0 Å². The van der Waals surface area contributed by atoms with Gasteiger partial charge in [0.05, 0.1) is 11.4 Å². The largest absolute Gasteiger partial charge is 0.397 e. The highest BCUT2D eigenvalue weighted by Gasteiger charge is 2.18. The van der Waals surface area contributed by atoms with Crippen molar-refractivity contribution in [1.82, 2.24) is 14.8 Å². The van der Waals surface area contributed by atoms with Crippen molar-refractivity contribution in [2.75, 3.05) is 39.5 Å². The Morgan fingerprint density at radius 3 is 2.83 bits per heavy atom. The molecule has 1 aliphatic heterocycles. The molecule has 18 heavy (non-hydrogen) atoms. The third kappa shape index (κ3) is 3.68. The van der Waals surface area contributed by atoms with E-state index in [9.17, 15) is 0 Å². The number of nitrogens with zero attached hydrogens (tertiary/aromatic N) is 3. The van der Waals surface area contributed by atoms with E-state index in [4.69, 9.17) is 5.73 Å². The van der Waals surface area contributed by atoms with Gasteiger partial charge < -0.3 is 15.5 Å². The van der Waals surface area contributed by atoms with Crippen molar-refractivity contribution in [3.8, 4) is 0 Å². The van der Waals surface area contributed by atoms with E-state index >= 15 is 0 Å². The van der Waals surface area contributed by atoms with Crippen LogP contribution in [-0.2, 0) is 6.54 Å². The van der Waals surface area contributed by atoms with Crippen molar-refractivity contribution in [1.29, 1.82) is 0 Å². The first-order valence-electron chi connectivity index (χ1n) is 6.71. The van der Waals surface area contributed by atoms with Crippen LogP contribution in [0.2, 0.25) is 0 Å². The van der Waals surface area contributed by atoms with Gasteiger partial charge in [0.15, 0.2) is 0 Å². The molecule has 1 aromatic rings. The van der Waals surface area contributed by atoms with Crippen LogP contribution in [0.1, 0.15) is 18.5 Å². The molecule has 4 nitrogen and oxygen atoms in total. The summed E-state index contributed by atoms with van der Waals surface area (Å²) < 4.78 is 0. The zero-order valence-electron chi connectivity index (χ0n) is 11.5. The standard InChI is InChI=1S/C14H24N4/c1-17-8-5-12(6-9-17)10-18(2)11-14-13(15)4-3-7-16-14/h3-4,7,12H,5-6,8-11,15H2,1-2H3. The maximum Gasteiger partial charge on any atom is 0.0772 e. The lowest BCUT2D eigenvalue weighted by Crippen LogP contribution is -2.35. The Hall–Kier alpha value is -1.13. The summed E-state index contributed by atoms with van der Waals surface area (Å²) in [7, 11) is 4.36. The Balaban J connectivity index is 1.82. The van der Waals surface area contributed by atoms with Gasteiger partial charge in [-0.25, -0.2) is 0 Å². The second kappa shape index (κ2) is 6.16. The molecule has 0 aromatic carbocycles. The van der Waals surface area contributed by atoms with Gasteiger partial charge >= 0.3 is 0 Å². The van der Waals surface area contributed by atoms with Crippen molar-refractivity contribution in [2.24, 2.45) is 5.92 Å². The number of hydrogen-bond donors (Lipinski definition) is 1. The first-order valence-corrected chi connectivity index (χ1v) is 6.71. The van der Waals surface area contributed by atoms with E-state index in [-0.39, 0.29) is 0 Å². The third-order valence-corrected chi connectivity index (χ3v) is 3.75. The quantitative estimate of drug-likeness (QED) is 0.876. The maximum absolute atomic E-state index is 5.92. The van der Waals surface area contributed by atoms with E-state index in [1.807, 2.05) is 18.3 Å². The van der Waals surface area contributed by atoms with E-state index in [1.165, 1.54) is 25.9 Å². The molecule has 0 atom stereocenters. The fraction of sp³-hybridized carbons (Fsp3) is 0.643. The number of anilines is 1. The molecule has 1 aliphatic rings. The van der Waals surface area contributed by atoms with Crippen LogP contribution in [0.4, 0.5) is 5.69 Å². The third-order valence-electron chi connectivity index (χ3n) is 3.75. The normalized spacial score (nSPS) is 18.4. The molecule has 1 fully saturated rings. The molecule has 0 aliphatic carbocycles. The van der Waals surface area contributed by atoms with E-state index in [0.29, 0.717) is 0 Å². The van der Waals surface area contributed by atoms with Crippen LogP contribution in [0.15, 0.2) is 18.3 Å². The van der Waals surface area contributed by atoms with Gasteiger partial charge in [0.2, 0.25) is 0 Å². The van der Waals surface area contributed by atoms with Gasteiger partial charge in [-0.3, -0.25) is 4.98 Å². The smallest absolute Gasteiger partial charge is 0.0772 e. The second-order valence-corrected chi connectivity index (χ2v) is 5.48. The van der Waals surface area contributed by atoms with Crippen LogP contribution in [0.3, 0.4) is 0 Å². The Labute approximate surface area is 110 Å². The molecule has 0 amide bonds. The van der Waals surface area contributed by atoms with Crippen molar-refractivity contribution in [3.63, 3.8) is 0 Å². The summed E-state index contributed by atoms with van der Waals surface area (Å²) in [6.07, 6.45) is 4.42. The summed E-state index contributed by atoms with van der Waals surface area (Å²) in [5.74, 6) is 0.816. The second-order valence-electron chi connectivity index (χ2n) is 5.48. The molecule has 0 bridgehead atoms. The molecule has 1 saturated heterocycles. The van der Waals surface area contributed by atoms with Crippen molar-refractivity contribution < 1.29 is 0 Å². The number of hydrogen-bond acceptors (Lipinski definition) is 4. The molecule has 2 heterocycles. The molecular formula is C14H24N4. The summed E-state index contributed by atoms with van der Waals surface area (Å²) in [4.78, 5) is 9.10. The summed E-state index contributed by atoms with van der Waals surface area (Å²) in [6, 6.07) is 3.81. The van der Waals surface area contributed by atoms with Gasteiger partial charge in [-0.2, -0.15) is 0 Å². The lowest BCUT2D eigenvalue weighted by atomic mass is 9.96. The summed E-state index contributed by atoms with van der Waals surface area (Å²) >= 11 is 0. The highest BCUT2D eigenvalue weighted by Crippen LogP contribution is 2.18. The number of likely N-dealkylation sites (tertiary alicyclic amines) is 1. The minimum Gasteiger partial charge on any atom is -0.397 e. The first-order chi connectivity index (χ1) is 8.65. The van der Waals surface area contributed by atoms with Crippen LogP contribution < -0.4 is 5.73 Å². The van der Waals surface area contributed by atoms with Crippen molar-refractivity contribution in [2.45, 2.75) is 19.4 Å².